The van der Waals surface area contributed by atoms with Gasteiger partial charge >= 0.3 is 5.97 Å². The summed E-state index contributed by atoms with van der Waals surface area (Å²) in [6, 6.07) is 1.58. The first-order valence-corrected chi connectivity index (χ1v) is 4.91. The van der Waals surface area contributed by atoms with Crippen LogP contribution in [0.15, 0.2) is 21.3 Å². The number of ether oxygens (including phenoxy) is 1. The van der Waals surface area contributed by atoms with Gasteiger partial charge in [0.05, 0.1) is 19.1 Å². The van der Waals surface area contributed by atoms with Crippen molar-refractivity contribution in [1.82, 2.24) is 5.16 Å². The Morgan fingerprint density at radius 3 is 2.94 bits per heavy atom. The van der Waals surface area contributed by atoms with Gasteiger partial charge in [0.25, 0.3) is 5.88 Å². The fourth-order valence-corrected chi connectivity index (χ4v) is 1.54. The third kappa shape index (κ3) is 2.15. The lowest BCUT2D eigenvalue weighted by atomic mass is 10.1. The van der Waals surface area contributed by atoms with Crippen LogP contribution in [0.3, 0.4) is 0 Å². The number of carboxylic acid groups (broad SMARTS) is 1. The third-order valence-corrected chi connectivity index (χ3v) is 2.39. The second-order valence-electron chi connectivity index (χ2n) is 3.49. The Balaban J connectivity index is 2.41. The molecule has 1 N–H and O–H groups in total. The molecule has 90 valence electrons. The van der Waals surface area contributed by atoms with Gasteiger partial charge in [-0.2, -0.15) is 0 Å². The second kappa shape index (κ2) is 4.32. The standard InChI is InChI=1S/C11H11NO5/c1-6-7(3-11(13)14)8(5-16-6)9-4-10(15-2)12-17-9/h4-5H,3H2,1-2H3,(H,13,14). The number of carboxylic acids is 1. The summed E-state index contributed by atoms with van der Waals surface area (Å²) in [7, 11) is 1.47. The molecule has 0 amide bonds. The van der Waals surface area contributed by atoms with Crippen molar-refractivity contribution < 1.29 is 23.6 Å². The molecule has 0 aliphatic heterocycles. The maximum atomic E-state index is 10.8. The van der Waals surface area contributed by atoms with Crippen LogP contribution in [0.2, 0.25) is 0 Å². The van der Waals surface area contributed by atoms with Crippen LogP contribution in [0.4, 0.5) is 0 Å². The largest absolute Gasteiger partial charge is 0.481 e. The van der Waals surface area contributed by atoms with Gasteiger partial charge in [-0.05, 0) is 12.1 Å². The quantitative estimate of drug-likeness (QED) is 0.873. The molecule has 0 saturated carbocycles. The van der Waals surface area contributed by atoms with E-state index in [4.69, 9.17) is 18.8 Å². The van der Waals surface area contributed by atoms with Crippen molar-refractivity contribution in [2.75, 3.05) is 7.11 Å². The van der Waals surface area contributed by atoms with E-state index in [-0.39, 0.29) is 6.42 Å². The monoisotopic (exact) mass is 237 g/mol. The van der Waals surface area contributed by atoms with Gasteiger partial charge in [-0.1, -0.05) is 0 Å². The molecule has 0 atom stereocenters. The third-order valence-electron chi connectivity index (χ3n) is 2.39. The molecular formula is C11H11NO5. The molecule has 0 aliphatic carbocycles. The lowest BCUT2D eigenvalue weighted by Crippen LogP contribution is -2.01. The van der Waals surface area contributed by atoms with Crippen LogP contribution in [-0.2, 0) is 11.2 Å². The summed E-state index contributed by atoms with van der Waals surface area (Å²) in [6.45, 7) is 1.70. The summed E-state index contributed by atoms with van der Waals surface area (Å²) >= 11 is 0. The molecule has 0 unspecified atom stereocenters. The number of hydrogen-bond donors (Lipinski definition) is 1. The average molecular weight is 237 g/mol. The van der Waals surface area contributed by atoms with E-state index in [9.17, 15) is 4.79 Å². The van der Waals surface area contributed by atoms with Crippen molar-refractivity contribution in [3.8, 4) is 17.2 Å². The van der Waals surface area contributed by atoms with E-state index < -0.39 is 5.97 Å². The summed E-state index contributed by atoms with van der Waals surface area (Å²) in [6.07, 6.45) is 1.33. The van der Waals surface area contributed by atoms with E-state index in [0.717, 1.165) is 0 Å². The molecule has 2 rings (SSSR count). The number of rotatable bonds is 4. The molecule has 17 heavy (non-hydrogen) atoms. The smallest absolute Gasteiger partial charge is 0.307 e. The number of aryl methyl sites for hydroxylation is 1. The SMILES string of the molecule is COc1cc(-c2coc(C)c2CC(=O)O)on1. The molecule has 0 aromatic carbocycles. The van der Waals surface area contributed by atoms with Gasteiger partial charge in [0.1, 0.15) is 12.0 Å². The van der Waals surface area contributed by atoms with E-state index in [0.29, 0.717) is 28.5 Å². The number of carbonyl (C=O) groups is 1. The van der Waals surface area contributed by atoms with Gasteiger partial charge in [0, 0.05) is 11.6 Å². The fourth-order valence-electron chi connectivity index (χ4n) is 1.54. The second-order valence-corrected chi connectivity index (χ2v) is 3.49. The zero-order chi connectivity index (χ0) is 12.4. The molecule has 0 spiro atoms. The van der Waals surface area contributed by atoms with Gasteiger partial charge in [0.15, 0.2) is 5.76 Å². The van der Waals surface area contributed by atoms with Gasteiger partial charge in [0.2, 0.25) is 0 Å². The van der Waals surface area contributed by atoms with Crippen LogP contribution in [0.25, 0.3) is 11.3 Å². The van der Waals surface area contributed by atoms with E-state index in [2.05, 4.69) is 5.16 Å². The molecule has 6 nitrogen and oxygen atoms in total. The van der Waals surface area contributed by atoms with E-state index in [1.807, 2.05) is 0 Å². The van der Waals surface area contributed by atoms with E-state index >= 15 is 0 Å². The minimum atomic E-state index is -0.928. The molecule has 2 aromatic rings. The molecule has 0 aliphatic rings. The maximum Gasteiger partial charge on any atom is 0.307 e. The fraction of sp³-hybridized carbons (Fsp3) is 0.273. The molecule has 6 heteroatoms. The number of methoxy groups -OCH3 is 1. The molecule has 0 fully saturated rings. The van der Waals surface area contributed by atoms with Gasteiger partial charge in [-0.3, -0.25) is 4.79 Å². The lowest BCUT2D eigenvalue weighted by molar-refractivity contribution is -0.136. The summed E-state index contributed by atoms with van der Waals surface area (Å²) in [5, 5.41) is 12.5. The number of aromatic nitrogens is 1. The molecule has 0 radical (unpaired) electrons. The normalized spacial score (nSPS) is 10.5. The van der Waals surface area contributed by atoms with Crippen molar-refractivity contribution in [3.63, 3.8) is 0 Å². The highest BCUT2D eigenvalue weighted by Crippen LogP contribution is 2.30. The Hall–Kier alpha value is -2.24. The Kier molecular flexibility index (Phi) is 2.86. The van der Waals surface area contributed by atoms with Crippen LogP contribution in [-0.4, -0.2) is 23.3 Å². The molecule has 2 aromatic heterocycles. The van der Waals surface area contributed by atoms with Crippen molar-refractivity contribution in [2.45, 2.75) is 13.3 Å². The number of hydrogen-bond acceptors (Lipinski definition) is 5. The molecule has 2 heterocycles. The lowest BCUT2D eigenvalue weighted by Gasteiger charge is -1.96. The Labute approximate surface area is 96.8 Å². The minimum absolute atomic E-state index is 0.124. The van der Waals surface area contributed by atoms with E-state index in [1.165, 1.54) is 13.4 Å². The zero-order valence-electron chi connectivity index (χ0n) is 9.39. The van der Waals surface area contributed by atoms with Crippen molar-refractivity contribution in [2.24, 2.45) is 0 Å². The zero-order valence-corrected chi connectivity index (χ0v) is 9.39. The highest BCUT2D eigenvalue weighted by Gasteiger charge is 2.18. The summed E-state index contributed by atoms with van der Waals surface area (Å²) in [4.78, 5) is 10.8. The summed E-state index contributed by atoms with van der Waals surface area (Å²) in [5.41, 5.74) is 1.16. The maximum absolute atomic E-state index is 10.8. The Morgan fingerprint density at radius 1 is 1.59 bits per heavy atom. The highest BCUT2D eigenvalue weighted by atomic mass is 16.5. The van der Waals surface area contributed by atoms with Gasteiger partial charge in [-0.15, -0.1) is 0 Å². The van der Waals surface area contributed by atoms with E-state index in [1.54, 1.807) is 13.0 Å². The van der Waals surface area contributed by atoms with Crippen molar-refractivity contribution in [1.29, 1.82) is 0 Å². The molecule has 0 bridgehead atoms. The topological polar surface area (TPSA) is 85.7 Å². The van der Waals surface area contributed by atoms with Crippen molar-refractivity contribution in [3.05, 3.63) is 23.7 Å². The number of nitrogens with zero attached hydrogens (tertiary/aromatic N) is 1. The van der Waals surface area contributed by atoms with Crippen LogP contribution in [0.5, 0.6) is 5.88 Å². The first-order chi connectivity index (χ1) is 8.11. The van der Waals surface area contributed by atoms with Crippen LogP contribution < -0.4 is 4.74 Å². The number of furan rings is 1. The van der Waals surface area contributed by atoms with Gasteiger partial charge in [-0.25, -0.2) is 0 Å². The first-order valence-electron chi connectivity index (χ1n) is 4.91. The summed E-state index contributed by atoms with van der Waals surface area (Å²) in [5.74, 6) is 0.384. The highest BCUT2D eigenvalue weighted by molar-refractivity contribution is 5.75. The average Bonchev–Trinajstić information content (AvgIpc) is 2.86. The Bertz CT molecular complexity index is 540. The number of aliphatic carboxylic acids is 1. The van der Waals surface area contributed by atoms with Crippen LogP contribution in [0, 0.1) is 6.92 Å². The Morgan fingerprint density at radius 2 is 2.35 bits per heavy atom. The minimum Gasteiger partial charge on any atom is -0.481 e. The van der Waals surface area contributed by atoms with Crippen molar-refractivity contribution >= 4 is 5.97 Å². The molecular weight excluding hydrogens is 226 g/mol. The predicted molar refractivity (Wildman–Crippen MR) is 56.8 cm³/mol. The first kappa shape index (κ1) is 11.3. The predicted octanol–water partition coefficient (Wildman–Crippen LogP) is 1.88. The van der Waals surface area contributed by atoms with Crippen LogP contribution in [0.1, 0.15) is 11.3 Å². The summed E-state index contributed by atoms with van der Waals surface area (Å²) < 4.78 is 15.1. The molecule has 0 saturated heterocycles. The van der Waals surface area contributed by atoms with Gasteiger partial charge < -0.3 is 18.8 Å². The van der Waals surface area contributed by atoms with Crippen LogP contribution >= 0.6 is 0 Å².